The monoisotopic (exact) mass is 395 g/mol. The van der Waals surface area contributed by atoms with E-state index in [0.717, 1.165) is 17.0 Å². The van der Waals surface area contributed by atoms with Crippen LogP contribution in [0.25, 0.3) is 0 Å². The molecule has 2 aromatic carbocycles. The van der Waals surface area contributed by atoms with E-state index >= 15 is 0 Å². The Morgan fingerprint density at radius 1 is 0.724 bits per heavy atom. The van der Waals surface area contributed by atoms with Crippen molar-refractivity contribution in [3.05, 3.63) is 76.6 Å². The quantitative estimate of drug-likeness (QED) is 0.388. The first kappa shape index (κ1) is 20.0. The number of carbonyl (C=O) groups is 1. The van der Waals surface area contributed by atoms with E-state index in [0.29, 0.717) is 31.2 Å². The molecule has 0 saturated heterocycles. The normalized spacial score (nSPS) is 10.8. The summed E-state index contributed by atoms with van der Waals surface area (Å²) < 4.78 is 0. The molecule has 0 atom stereocenters. The topological polar surface area (TPSA) is 131 Å². The lowest BCUT2D eigenvalue weighted by Crippen LogP contribution is -2.01. The summed E-state index contributed by atoms with van der Waals surface area (Å²) in [7, 11) is 0. The molecular formula is C22H21NO6. The summed E-state index contributed by atoms with van der Waals surface area (Å²) in [6.07, 6.45) is 2.35. The molecule has 7 heteroatoms. The first-order valence-corrected chi connectivity index (χ1v) is 9.07. The number of hydrogen-bond acceptors (Lipinski definition) is 6. The summed E-state index contributed by atoms with van der Waals surface area (Å²) >= 11 is 0. The molecule has 0 radical (unpaired) electrons. The van der Waals surface area contributed by atoms with Gasteiger partial charge in [-0.1, -0.05) is 12.1 Å². The molecule has 3 rings (SSSR count). The Balaban J connectivity index is 1.62. The SMILES string of the molecule is O=C(O)c1ccc(CCc2cccc(CCc3cc(O)c(O)c(O)c3)n2)cc1O. The number of aromatic hydroxyl groups is 4. The second-order valence-electron chi connectivity index (χ2n) is 6.76. The van der Waals surface area contributed by atoms with Crippen LogP contribution < -0.4 is 0 Å². The molecule has 0 amide bonds. The van der Waals surface area contributed by atoms with Gasteiger partial charge in [0.25, 0.3) is 0 Å². The average molecular weight is 395 g/mol. The van der Waals surface area contributed by atoms with E-state index in [4.69, 9.17) is 5.11 Å². The number of benzene rings is 2. The molecule has 0 unspecified atom stereocenters. The maximum atomic E-state index is 11.0. The number of nitrogens with zero attached hydrogens (tertiary/aromatic N) is 1. The van der Waals surface area contributed by atoms with E-state index in [2.05, 4.69) is 4.98 Å². The third kappa shape index (κ3) is 4.95. The molecule has 1 aromatic heterocycles. The van der Waals surface area contributed by atoms with Gasteiger partial charge in [-0.05, 0) is 73.2 Å². The van der Waals surface area contributed by atoms with Crippen LogP contribution in [0.15, 0.2) is 48.5 Å². The summed E-state index contributed by atoms with van der Waals surface area (Å²) in [5, 5.41) is 47.3. The summed E-state index contributed by atoms with van der Waals surface area (Å²) in [5.74, 6) is -2.68. The maximum absolute atomic E-state index is 11.0. The van der Waals surface area contributed by atoms with Crippen molar-refractivity contribution in [1.82, 2.24) is 4.98 Å². The van der Waals surface area contributed by atoms with Gasteiger partial charge in [-0.25, -0.2) is 4.79 Å². The van der Waals surface area contributed by atoms with E-state index in [1.165, 1.54) is 24.3 Å². The second kappa shape index (κ2) is 8.52. The molecule has 0 fully saturated rings. The standard InChI is InChI=1S/C22H21NO6/c24-18-10-13(6-9-17(18)22(28)29)4-7-15-2-1-3-16(23-15)8-5-14-11-19(25)21(27)20(26)12-14/h1-3,6,9-12,24-27H,4-5,7-8H2,(H,28,29). The van der Waals surface area contributed by atoms with Crippen molar-refractivity contribution in [3.8, 4) is 23.0 Å². The third-order valence-electron chi connectivity index (χ3n) is 4.63. The van der Waals surface area contributed by atoms with Crippen molar-refractivity contribution in [3.63, 3.8) is 0 Å². The smallest absolute Gasteiger partial charge is 0.339 e. The molecule has 0 aliphatic heterocycles. The van der Waals surface area contributed by atoms with Crippen LogP contribution in [0.1, 0.15) is 32.9 Å². The lowest BCUT2D eigenvalue weighted by molar-refractivity contribution is 0.0693. The molecule has 3 aromatic rings. The van der Waals surface area contributed by atoms with E-state index < -0.39 is 11.7 Å². The number of carboxylic acids is 1. The average Bonchev–Trinajstić information content (AvgIpc) is 2.69. The highest BCUT2D eigenvalue weighted by atomic mass is 16.4. The predicted octanol–water partition coefficient (Wildman–Crippen LogP) is 3.17. The predicted molar refractivity (Wildman–Crippen MR) is 106 cm³/mol. The first-order chi connectivity index (χ1) is 13.8. The van der Waals surface area contributed by atoms with E-state index in [-0.39, 0.29) is 22.8 Å². The molecule has 0 bridgehead atoms. The molecule has 7 nitrogen and oxygen atoms in total. The van der Waals surface area contributed by atoms with Crippen LogP contribution in [-0.4, -0.2) is 36.5 Å². The largest absolute Gasteiger partial charge is 0.507 e. The molecule has 5 N–H and O–H groups in total. The van der Waals surface area contributed by atoms with Gasteiger partial charge >= 0.3 is 5.97 Å². The highest BCUT2D eigenvalue weighted by Gasteiger charge is 2.11. The van der Waals surface area contributed by atoms with Crippen molar-refractivity contribution in [1.29, 1.82) is 0 Å². The minimum atomic E-state index is -1.17. The van der Waals surface area contributed by atoms with Crippen LogP contribution in [0.5, 0.6) is 23.0 Å². The van der Waals surface area contributed by atoms with Gasteiger partial charge in [0.2, 0.25) is 0 Å². The minimum absolute atomic E-state index is 0.125. The van der Waals surface area contributed by atoms with Crippen LogP contribution in [0.2, 0.25) is 0 Å². The van der Waals surface area contributed by atoms with Crippen LogP contribution in [0, 0.1) is 0 Å². The fourth-order valence-electron chi connectivity index (χ4n) is 3.07. The Bertz CT molecular complexity index is 1020. The number of hydrogen-bond donors (Lipinski definition) is 5. The Hall–Kier alpha value is -3.74. The Labute approximate surface area is 167 Å². The number of aryl methyl sites for hydroxylation is 4. The van der Waals surface area contributed by atoms with Gasteiger partial charge in [-0.2, -0.15) is 0 Å². The van der Waals surface area contributed by atoms with Gasteiger partial charge < -0.3 is 25.5 Å². The van der Waals surface area contributed by atoms with E-state index in [1.54, 1.807) is 6.07 Å². The van der Waals surface area contributed by atoms with Crippen LogP contribution >= 0.6 is 0 Å². The molecule has 0 spiro atoms. The van der Waals surface area contributed by atoms with E-state index in [9.17, 15) is 25.2 Å². The lowest BCUT2D eigenvalue weighted by atomic mass is 10.0. The van der Waals surface area contributed by atoms with Crippen molar-refractivity contribution in [2.75, 3.05) is 0 Å². The number of phenols is 4. The summed E-state index contributed by atoms with van der Waals surface area (Å²) in [4.78, 5) is 15.6. The summed E-state index contributed by atoms with van der Waals surface area (Å²) in [5.41, 5.74) is 3.08. The number of aromatic nitrogens is 1. The lowest BCUT2D eigenvalue weighted by Gasteiger charge is -2.08. The van der Waals surface area contributed by atoms with E-state index in [1.807, 2.05) is 18.2 Å². The molecule has 0 aliphatic rings. The fraction of sp³-hybridized carbons (Fsp3) is 0.182. The number of aromatic carboxylic acids is 1. The fourth-order valence-corrected chi connectivity index (χ4v) is 3.07. The molecule has 0 aliphatic carbocycles. The van der Waals surface area contributed by atoms with Gasteiger partial charge in [-0.3, -0.25) is 4.98 Å². The van der Waals surface area contributed by atoms with Crippen LogP contribution in [-0.2, 0) is 25.7 Å². The van der Waals surface area contributed by atoms with Gasteiger partial charge in [-0.15, -0.1) is 0 Å². The second-order valence-corrected chi connectivity index (χ2v) is 6.76. The zero-order valence-corrected chi connectivity index (χ0v) is 15.5. The zero-order valence-electron chi connectivity index (χ0n) is 15.5. The zero-order chi connectivity index (χ0) is 21.0. The first-order valence-electron chi connectivity index (χ1n) is 9.07. The number of rotatable bonds is 7. The summed E-state index contributed by atoms with van der Waals surface area (Å²) in [6.45, 7) is 0. The van der Waals surface area contributed by atoms with Gasteiger partial charge in [0, 0.05) is 11.4 Å². The van der Waals surface area contributed by atoms with Gasteiger partial charge in [0.1, 0.15) is 11.3 Å². The third-order valence-corrected chi connectivity index (χ3v) is 4.63. The van der Waals surface area contributed by atoms with Crippen LogP contribution in [0.3, 0.4) is 0 Å². The molecule has 0 saturated carbocycles. The molecular weight excluding hydrogens is 374 g/mol. The highest BCUT2D eigenvalue weighted by molar-refractivity contribution is 5.90. The van der Waals surface area contributed by atoms with Crippen molar-refractivity contribution in [2.24, 2.45) is 0 Å². The maximum Gasteiger partial charge on any atom is 0.339 e. The molecule has 150 valence electrons. The Morgan fingerprint density at radius 3 is 1.83 bits per heavy atom. The van der Waals surface area contributed by atoms with Gasteiger partial charge in [0.15, 0.2) is 17.2 Å². The van der Waals surface area contributed by atoms with Gasteiger partial charge in [0.05, 0.1) is 0 Å². The van der Waals surface area contributed by atoms with Crippen molar-refractivity contribution in [2.45, 2.75) is 25.7 Å². The Morgan fingerprint density at radius 2 is 1.28 bits per heavy atom. The van der Waals surface area contributed by atoms with Crippen molar-refractivity contribution < 1.29 is 30.3 Å². The Kier molecular flexibility index (Phi) is 5.87. The number of phenolic OH excluding ortho intramolecular Hbond substituents is 3. The van der Waals surface area contributed by atoms with Crippen LogP contribution in [0.4, 0.5) is 0 Å². The molecule has 29 heavy (non-hydrogen) atoms. The highest BCUT2D eigenvalue weighted by Crippen LogP contribution is 2.35. The number of carboxylic acid groups (broad SMARTS) is 1. The molecule has 1 heterocycles. The number of pyridine rings is 1. The minimum Gasteiger partial charge on any atom is -0.507 e. The summed E-state index contributed by atoms with van der Waals surface area (Å²) in [6, 6.07) is 13.0. The van der Waals surface area contributed by atoms with Crippen molar-refractivity contribution >= 4 is 5.97 Å².